The third kappa shape index (κ3) is 3.74. The van der Waals surface area contributed by atoms with Crippen LogP contribution in [0.15, 0.2) is 18.5 Å². The van der Waals surface area contributed by atoms with Gasteiger partial charge in [0.25, 0.3) is 0 Å². The Hall–Kier alpha value is -2.02. The molecule has 0 fully saturated rings. The average Bonchev–Trinajstić information content (AvgIpc) is 2.71. The van der Waals surface area contributed by atoms with Crippen LogP contribution < -0.4 is 10.6 Å². The summed E-state index contributed by atoms with van der Waals surface area (Å²) < 4.78 is 13.3. The predicted octanol–water partition coefficient (Wildman–Crippen LogP) is 2.66. The van der Waals surface area contributed by atoms with Crippen molar-refractivity contribution in [2.75, 3.05) is 11.9 Å². The van der Waals surface area contributed by atoms with E-state index in [1.807, 2.05) is 13.8 Å². The van der Waals surface area contributed by atoms with Gasteiger partial charge < -0.3 is 10.6 Å². The molecule has 0 radical (unpaired) electrons. The Balaban J connectivity index is 1.80. The molecule has 0 unspecified atom stereocenters. The number of urea groups is 1. The van der Waals surface area contributed by atoms with Gasteiger partial charge in [0.1, 0.15) is 0 Å². The van der Waals surface area contributed by atoms with Crippen LogP contribution in [0.1, 0.15) is 15.6 Å². The van der Waals surface area contributed by atoms with Gasteiger partial charge in [-0.05, 0) is 19.9 Å². The Morgan fingerprint density at radius 1 is 1.45 bits per heavy atom. The number of halogens is 1. The van der Waals surface area contributed by atoms with E-state index >= 15 is 0 Å². The highest BCUT2D eigenvalue weighted by atomic mass is 32.1. The Labute approximate surface area is 120 Å². The molecule has 7 heteroatoms. The third-order valence-electron chi connectivity index (χ3n) is 2.72. The number of aryl methyl sites for hydroxylation is 2. The van der Waals surface area contributed by atoms with Crippen LogP contribution in [0.4, 0.5) is 14.9 Å². The maximum Gasteiger partial charge on any atom is 0.319 e. The molecule has 0 saturated heterocycles. The van der Waals surface area contributed by atoms with E-state index in [4.69, 9.17) is 0 Å². The number of carbonyl (C=O) groups excluding carboxylic acids is 1. The average molecular weight is 294 g/mol. The first kappa shape index (κ1) is 14.4. The number of amides is 2. The number of hydrogen-bond donors (Lipinski definition) is 2. The molecule has 0 bridgehead atoms. The zero-order chi connectivity index (χ0) is 14.5. The predicted molar refractivity (Wildman–Crippen MR) is 76.5 cm³/mol. The molecule has 0 saturated carbocycles. The second-order valence-corrected chi connectivity index (χ2v) is 5.52. The summed E-state index contributed by atoms with van der Waals surface area (Å²) in [6.45, 7) is 4.43. The minimum absolute atomic E-state index is 0.110. The van der Waals surface area contributed by atoms with Crippen LogP contribution in [0.25, 0.3) is 0 Å². The normalized spacial score (nSPS) is 10.3. The van der Waals surface area contributed by atoms with Crippen LogP contribution in [0.2, 0.25) is 0 Å². The number of nitrogens with zero attached hydrogens (tertiary/aromatic N) is 2. The lowest BCUT2D eigenvalue weighted by atomic mass is 10.4. The van der Waals surface area contributed by atoms with Crippen molar-refractivity contribution < 1.29 is 9.18 Å². The van der Waals surface area contributed by atoms with Crippen LogP contribution in [0.5, 0.6) is 0 Å². The molecule has 2 N–H and O–H groups in total. The van der Waals surface area contributed by atoms with Gasteiger partial charge in [-0.3, -0.25) is 4.98 Å². The van der Waals surface area contributed by atoms with E-state index in [2.05, 4.69) is 20.6 Å². The summed E-state index contributed by atoms with van der Waals surface area (Å²) in [6, 6.07) is 0.961. The van der Waals surface area contributed by atoms with E-state index < -0.39 is 11.8 Å². The summed E-state index contributed by atoms with van der Waals surface area (Å²) in [5.41, 5.74) is 1.13. The van der Waals surface area contributed by atoms with Gasteiger partial charge in [-0.2, -0.15) is 0 Å². The van der Waals surface area contributed by atoms with Crippen molar-refractivity contribution in [3.05, 3.63) is 39.9 Å². The van der Waals surface area contributed by atoms with E-state index in [0.717, 1.165) is 16.9 Å². The van der Waals surface area contributed by atoms with Crippen molar-refractivity contribution in [1.82, 2.24) is 15.3 Å². The molecule has 0 aliphatic heterocycles. The highest BCUT2D eigenvalue weighted by molar-refractivity contribution is 7.11. The van der Waals surface area contributed by atoms with Gasteiger partial charge in [0.15, 0.2) is 5.82 Å². The fourth-order valence-electron chi connectivity index (χ4n) is 1.57. The molecule has 0 aromatic carbocycles. The largest absolute Gasteiger partial charge is 0.337 e. The van der Waals surface area contributed by atoms with Gasteiger partial charge in [0.05, 0.1) is 22.6 Å². The zero-order valence-corrected chi connectivity index (χ0v) is 12.1. The quantitative estimate of drug-likeness (QED) is 0.911. The summed E-state index contributed by atoms with van der Waals surface area (Å²) >= 11 is 1.62. The van der Waals surface area contributed by atoms with Crippen LogP contribution in [0, 0.1) is 19.7 Å². The minimum Gasteiger partial charge on any atom is -0.337 e. The van der Waals surface area contributed by atoms with Gasteiger partial charge in [0.2, 0.25) is 0 Å². The molecular formula is C13H15FN4OS. The van der Waals surface area contributed by atoms with Crippen molar-refractivity contribution in [3.63, 3.8) is 0 Å². The van der Waals surface area contributed by atoms with E-state index in [0.29, 0.717) is 13.0 Å². The Morgan fingerprint density at radius 3 is 2.90 bits per heavy atom. The molecular weight excluding hydrogens is 279 g/mol. The third-order valence-corrected chi connectivity index (χ3v) is 3.85. The van der Waals surface area contributed by atoms with Crippen molar-refractivity contribution in [2.24, 2.45) is 0 Å². The maximum atomic E-state index is 13.3. The fraction of sp³-hybridized carbons (Fsp3) is 0.308. The van der Waals surface area contributed by atoms with Crippen LogP contribution in [0.3, 0.4) is 0 Å². The molecule has 20 heavy (non-hydrogen) atoms. The minimum atomic E-state index is -0.561. The smallest absolute Gasteiger partial charge is 0.319 e. The molecule has 0 aliphatic carbocycles. The Bertz CT molecular complexity index is 595. The molecule has 0 spiro atoms. The lowest BCUT2D eigenvalue weighted by molar-refractivity contribution is 0.252. The van der Waals surface area contributed by atoms with Gasteiger partial charge in [-0.1, -0.05) is 0 Å². The van der Waals surface area contributed by atoms with Gasteiger partial charge in [0, 0.05) is 24.0 Å². The number of thiazole rings is 1. The standard InChI is InChI=1S/C13H15FN4OS/c1-8-9(2)20-12(17-8)4-6-16-13(19)18-11-3-5-15-7-10(11)14/h3,5,7H,4,6H2,1-2H3,(H2,15,16,18,19). The second kappa shape index (κ2) is 6.42. The van der Waals surface area contributed by atoms with Gasteiger partial charge >= 0.3 is 6.03 Å². The van der Waals surface area contributed by atoms with E-state index in [1.165, 1.54) is 17.1 Å². The summed E-state index contributed by atoms with van der Waals surface area (Å²) in [6.07, 6.45) is 3.13. The second-order valence-electron chi connectivity index (χ2n) is 4.24. The first-order chi connectivity index (χ1) is 9.56. The number of hydrogen-bond acceptors (Lipinski definition) is 4. The highest BCUT2D eigenvalue weighted by Gasteiger charge is 2.07. The summed E-state index contributed by atoms with van der Waals surface area (Å²) in [5, 5.41) is 6.08. The van der Waals surface area contributed by atoms with Crippen molar-refractivity contribution >= 4 is 23.1 Å². The van der Waals surface area contributed by atoms with Gasteiger partial charge in [-0.15, -0.1) is 11.3 Å². The Kier molecular flexibility index (Phi) is 4.62. The van der Waals surface area contributed by atoms with E-state index in [-0.39, 0.29) is 5.69 Å². The van der Waals surface area contributed by atoms with Crippen molar-refractivity contribution in [2.45, 2.75) is 20.3 Å². The summed E-state index contributed by atoms with van der Waals surface area (Å²) in [4.78, 5) is 20.8. The number of aromatic nitrogens is 2. The number of carbonyl (C=O) groups is 1. The molecule has 5 nitrogen and oxygen atoms in total. The molecule has 2 rings (SSSR count). The van der Waals surface area contributed by atoms with Crippen LogP contribution in [-0.4, -0.2) is 22.5 Å². The molecule has 2 heterocycles. The monoisotopic (exact) mass is 294 g/mol. The lowest BCUT2D eigenvalue weighted by Gasteiger charge is -2.07. The molecule has 2 aromatic heterocycles. The molecule has 2 aromatic rings. The molecule has 2 amide bonds. The highest BCUT2D eigenvalue weighted by Crippen LogP contribution is 2.16. The molecule has 0 aliphatic rings. The fourth-order valence-corrected chi connectivity index (χ4v) is 2.51. The van der Waals surface area contributed by atoms with E-state index in [9.17, 15) is 9.18 Å². The van der Waals surface area contributed by atoms with Gasteiger partial charge in [-0.25, -0.2) is 14.2 Å². The molecule has 0 atom stereocenters. The van der Waals surface area contributed by atoms with E-state index in [1.54, 1.807) is 11.3 Å². The summed E-state index contributed by atoms with van der Waals surface area (Å²) in [5.74, 6) is -0.561. The number of anilines is 1. The Morgan fingerprint density at radius 2 is 2.25 bits per heavy atom. The molecule has 106 valence electrons. The zero-order valence-electron chi connectivity index (χ0n) is 11.2. The SMILES string of the molecule is Cc1nc(CCNC(=O)Nc2ccncc2F)sc1C. The number of pyridine rings is 1. The van der Waals surface area contributed by atoms with Crippen LogP contribution >= 0.6 is 11.3 Å². The maximum absolute atomic E-state index is 13.3. The lowest BCUT2D eigenvalue weighted by Crippen LogP contribution is -2.30. The first-order valence-corrected chi connectivity index (χ1v) is 6.95. The summed E-state index contributed by atoms with van der Waals surface area (Å²) in [7, 11) is 0. The topological polar surface area (TPSA) is 66.9 Å². The number of rotatable bonds is 4. The van der Waals surface area contributed by atoms with Crippen molar-refractivity contribution in [1.29, 1.82) is 0 Å². The van der Waals surface area contributed by atoms with Crippen molar-refractivity contribution in [3.8, 4) is 0 Å². The van der Waals surface area contributed by atoms with Crippen LogP contribution in [-0.2, 0) is 6.42 Å². The number of nitrogens with one attached hydrogen (secondary N) is 2. The first-order valence-electron chi connectivity index (χ1n) is 6.13.